The van der Waals surface area contributed by atoms with Crippen molar-refractivity contribution in [3.8, 4) is 11.5 Å². The Bertz CT molecular complexity index is 1200. The molecule has 0 bridgehead atoms. The molecule has 8 heteroatoms. The Morgan fingerprint density at radius 2 is 1.62 bits per heavy atom. The van der Waals surface area contributed by atoms with Crippen LogP contribution in [-0.2, 0) is 16.1 Å². The van der Waals surface area contributed by atoms with Crippen LogP contribution in [0.5, 0.6) is 11.5 Å². The third kappa shape index (κ3) is 7.08. The molecule has 2 amide bonds. The van der Waals surface area contributed by atoms with Gasteiger partial charge in [-0.3, -0.25) is 14.4 Å². The molecule has 7 nitrogen and oxygen atoms in total. The van der Waals surface area contributed by atoms with Gasteiger partial charge in [-0.25, -0.2) is 0 Å². The first-order valence-corrected chi connectivity index (χ1v) is 10.9. The Hall–Kier alpha value is -3.84. The van der Waals surface area contributed by atoms with E-state index in [9.17, 15) is 14.4 Å². The standard InChI is InChI=1S/C26H25ClN2O5/c1-16-10-23(11-17(2)25(16)27)33-15-24(31)29-21-8-4-6-19(12-21)14-28-26(32)20-7-5-9-22(13-20)34-18(3)30/h4-13H,14-15H2,1-3H3,(H,28,32)(H,29,31). The number of ether oxygens (including phenoxy) is 2. The van der Waals surface area contributed by atoms with Crippen molar-refractivity contribution in [2.24, 2.45) is 0 Å². The molecule has 0 saturated heterocycles. The minimum atomic E-state index is -0.458. The highest BCUT2D eigenvalue weighted by molar-refractivity contribution is 6.32. The predicted molar refractivity (Wildman–Crippen MR) is 130 cm³/mol. The second-order valence-electron chi connectivity index (χ2n) is 7.71. The molecule has 0 aromatic heterocycles. The number of aryl methyl sites for hydroxylation is 2. The van der Waals surface area contributed by atoms with E-state index in [4.69, 9.17) is 21.1 Å². The van der Waals surface area contributed by atoms with Crippen molar-refractivity contribution >= 4 is 35.1 Å². The molecule has 0 atom stereocenters. The van der Waals surface area contributed by atoms with E-state index in [1.165, 1.54) is 13.0 Å². The van der Waals surface area contributed by atoms with E-state index < -0.39 is 5.97 Å². The molecule has 0 saturated carbocycles. The Labute approximate surface area is 203 Å². The molecule has 0 fully saturated rings. The SMILES string of the molecule is CC(=O)Oc1cccc(C(=O)NCc2cccc(NC(=O)COc3cc(C)c(Cl)c(C)c3)c2)c1. The van der Waals surface area contributed by atoms with Crippen LogP contribution in [0.3, 0.4) is 0 Å². The van der Waals surface area contributed by atoms with Gasteiger partial charge in [0.1, 0.15) is 11.5 Å². The van der Waals surface area contributed by atoms with Crippen molar-refractivity contribution in [2.75, 3.05) is 11.9 Å². The highest BCUT2D eigenvalue weighted by Crippen LogP contribution is 2.25. The number of anilines is 1. The third-order valence-corrected chi connectivity index (χ3v) is 5.40. The van der Waals surface area contributed by atoms with Crippen molar-refractivity contribution in [3.05, 3.63) is 87.9 Å². The zero-order chi connectivity index (χ0) is 24.7. The molecule has 0 radical (unpaired) electrons. The van der Waals surface area contributed by atoms with Crippen LogP contribution in [0.15, 0.2) is 60.7 Å². The second-order valence-corrected chi connectivity index (χ2v) is 8.09. The highest BCUT2D eigenvalue weighted by atomic mass is 35.5. The van der Waals surface area contributed by atoms with Crippen LogP contribution in [0.1, 0.15) is 34.0 Å². The molecule has 3 aromatic carbocycles. The lowest BCUT2D eigenvalue weighted by molar-refractivity contribution is -0.131. The fourth-order valence-corrected chi connectivity index (χ4v) is 3.35. The van der Waals surface area contributed by atoms with Crippen LogP contribution in [0.4, 0.5) is 5.69 Å². The number of esters is 1. The molecule has 3 rings (SSSR count). The molecule has 176 valence electrons. The molecule has 0 aliphatic carbocycles. The van der Waals surface area contributed by atoms with Crippen molar-refractivity contribution in [1.29, 1.82) is 0 Å². The fourth-order valence-electron chi connectivity index (χ4n) is 3.25. The molecule has 0 unspecified atom stereocenters. The van der Waals surface area contributed by atoms with Crippen molar-refractivity contribution < 1.29 is 23.9 Å². The summed E-state index contributed by atoms with van der Waals surface area (Å²) in [6.07, 6.45) is 0. The predicted octanol–water partition coefficient (Wildman–Crippen LogP) is 4.83. The van der Waals surface area contributed by atoms with E-state index in [2.05, 4.69) is 10.6 Å². The Balaban J connectivity index is 1.54. The Morgan fingerprint density at radius 1 is 0.912 bits per heavy atom. The average Bonchev–Trinajstić information content (AvgIpc) is 2.79. The van der Waals surface area contributed by atoms with Gasteiger partial charge in [0.25, 0.3) is 11.8 Å². The zero-order valence-electron chi connectivity index (χ0n) is 19.1. The van der Waals surface area contributed by atoms with Crippen LogP contribution in [-0.4, -0.2) is 24.4 Å². The van der Waals surface area contributed by atoms with E-state index in [0.29, 0.717) is 27.8 Å². The fraction of sp³-hybridized carbons (Fsp3) is 0.192. The minimum Gasteiger partial charge on any atom is -0.484 e. The summed E-state index contributed by atoms with van der Waals surface area (Å²) in [5.74, 6) is -0.209. The molecule has 2 N–H and O–H groups in total. The summed E-state index contributed by atoms with van der Waals surface area (Å²) in [5, 5.41) is 6.28. The number of benzene rings is 3. The van der Waals surface area contributed by atoms with Crippen molar-refractivity contribution in [1.82, 2.24) is 5.32 Å². The van der Waals surface area contributed by atoms with Crippen molar-refractivity contribution in [2.45, 2.75) is 27.3 Å². The first-order valence-electron chi connectivity index (χ1n) is 10.6. The Morgan fingerprint density at radius 3 is 2.32 bits per heavy atom. The van der Waals surface area contributed by atoms with Crippen LogP contribution < -0.4 is 20.1 Å². The van der Waals surface area contributed by atoms with Crippen LogP contribution in [0.2, 0.25) is 5.02 Å². The molecular weight excluding hydrogens is 456 g/mol. The number of hydrogen-bond acceptors (Lipinski definition) is 5. The van der Waals surface area contributed by atoms with Crippen molar-refractivity contribution in [3.63, 3.8) is 0 Å². The number of amides is 2. The minimum absolute atomic E-state index is 0.153. The summed E-state index contributed by atoms with van der Waals surface area (Å²) in [4.78, 5) is 35.9. The summed E-state index contributed by atoms with van der Waals surface area (Å²) in [6, 6.07) is 17.1. The van der Waals surface area contributed by atoms with Gasteiger partial charge in [0.2, 0.25) is 0 Å². The van der Waals surface area contributed by atoms with E-state index in [1.807, 2.05) is 19.9 Å². The number of halogens is 1. The number of hydrogen-bond donors (Lipinski definition) is 2. The third-order valence-electron chi connectivity index (χ3n) is 4.80. The molecule has 34 heavy (non-hydrogen) atoms. The molecule has 0 aliphatic heterocycles. The van der Waals surface area contributed by atoms with Crippen LogP contribution in [0, 0.1) is 13.8 Å². The lowest BCUT2D eigenvalue weighted by Crippen LogP contribution is -2.23. The zero-order valence-corrected chi connectivity index (χ0v) is 19.9. The van der Waals surface area contributed by atoms with Gasteiger partial charge in [0.15, 0.2) is 6.61 Å². The monoisotopic (exact) mass is 480 g/mol. The van der Waals surface area contributed by atoms with Gasteiger partial charge in [0.05, 0.1) is 0 Å². The lowest BCUT2D eigenvalue weighted by Gasteiger charge is -2.11. The van der Waals surface area contributed by atoms with Crippen LogP contribution >= 0.6 is 11.6 Å². The number of carbonyl (C=O) groups excluding carboxylic acids is 3. The van der Waals surface area contributed by atoms with E-state index in [1.54, 1.807) is 48.5 Å². The summed E-state index contributed by atoms with van der Waals surface area (Å²) >= 11 is 6.16. The molecule has 0 heterocycles. The van der Waals surface area contributed by atoms with Gasteiger partial charge in [-0.15, -0.1) is 0 Å². The highest BCUT2D eigenvalue weighted by Gasteiger charge is 2.10. The first-order chi connectivity index (χ1) is 16.2. The quantitative estimate of drug-likeness (QED) is 0.356. The molecule has 0 spiro atoms. The smallest absolute Gasteiger partial charge is 0.308 e. The number of carbonyl (C=O) groups is 3. The van der Waals surface area contributed by atoms with E-state index in [-0.39, 0.29) is 25.0 Å². The average molecular weight is 481 g/mol. The van der Waals surface area contributed by atoms with Gasteiger partial charge in [0, 0.05) is 29.7 Å². The topological polar surface area (TPSA) is 93.7 Å². The normalized spacial score (nSPS) is 10.4. The van der Waals surface area contributed by atoms with Gasteiger partial charge in [-0.1, -0.05) is 29.8 Å². The van der Waals surface area contributed by atoms with Gasteiger partial charge >= 0.3 is 5.97 Å². The summed E-state index contributed by atoms with van der Waals surface area (Å²) < 4.78 is 10.6. The Kier molecular flexibility index (Phi) is 8.27. The number of rotatable bonds is 8. The maximum Gasteiger partial charge on any atom is 0.308 e. The largest absolute Gasteiger partial charge is 0.484 e. The summed E-state index contributed by atoms with van der Waals surface area (Å²) in [6.45, 7) is 5.15. The molecule has 3 aromatic rings. The lowest BCUT2D eigenvalue weighted by atomic mass is 10.1. The maximum absolute atomic E-state index is 12.5. The summed E-state index contributed by atoms with van der Waals surface area (Å²) in [5.41, 5.74) is 3.51. The van der Waals surface area contributed by atoms with Gasteiger partial charge in [-0.2, -0.15) is 0 Å². The number of nitrogens with one attached hydrogen (secondary N) is 2. The van der Waals surface area contributed by atoms with Gasteiger partial charge in [-0.05, 0) is 73.0 Å². The van der Waals surface area contributed by atoms with E-state index >= 15 is 0 Å². The summed E-state index contributed by atoms with van der Waals surface area (Å²) in [7, 11) is 0. The second kappa shape index (κ2) is 11.3. The van der Waals surface area contributed by atoms with Crippen LogP contribution in [0.25, 0.3) is 0 Å². The van der Waals surface area contributed by atoms with E-state index in [0.717, 1.165) is 16.7 Å². The molecular formula is C26H25ClN2O5. The molecule has 0 aliphatic rings. The first kappa shape index (κ1) is 24.8. The van der Waals surface area contributed by atoms with Gasteiger partial charge < -0.3 is 20.1 Å². The maximum atomic E-state index is 12.5.